The normalized spacial score (nSPS) is 7.65. The zero-order valence-corrected chi connectivity index (χ0v) is 10.2. The molecule has 0 aliphatic rings. The van der Waals surface area contributed by atoms with Crippen LogP contribution in [0.4, 0.5) is 0 Å². The molecular weight excluding hydrogens is 284 g/mol. The van der Waals surface area contributed by atoms with Crippen LogP contribution >= 0.6 is 0 Å². The molecule has 4 N–H and O–H groups in total. The topological polar surface area (TPSA) is 133 Å². The third kappa shape index (κ3) is 31.4. The van der Waals surface area contributed by atoms with Crippen molar-refractivity contribution in [1.82, 2.24) is 10.6 Å². The van der Waals surface area contributed by atoms with E-state index in [2.05, 4.69) is 10.6 Å². The van der Waals surface area contributed by atoms with Crippen LogP contribution in [0.1, 0.15) is 13.8 Å². The van der Waals surface area contributed by atoms with Crippen LogP contribution in [-0.4, -0.2) is 47.1 Å². The van der Waals surface area contributed by atoms with Crippen LogP contribution < -0.4 is 10.6 Å². The molecule has 0 bridgehead atoms. The Kier molecular flexibility index (Phi) is 15.2. The molecule has 2 amide bonds. The molecule has 0 heterocycles. The van der Waals surface area contributed by atoms with Gasteiger partial charge in [-0.2, -0.15) is 0 Å². The Hall–Kier alpha value is -1.60. The van der Waals surface area contributed by atoms with Crippen LogP contribution in [0.2, 0.25) is 0 Å². The molecule has 8 nitrogen and oxygen atoms in total. The zero-order valence-electron chi connectivity index (χ0n) is 9.24. The van der Waals surface area contributed by atoms with Crippen molar-refractivity contribution >= 4 is 23.8 Å². The molecule has 17 heavy (non-hydrogen) atoms. The molecular formula is C8H14CuN2O6. The van der Waals surface area contributed by atoms with Gasteiger partial charge in [-0.15, -0.1) is 0 Å². The van der Waals surface area contributed by atoms with Crippen LogP contribution in [0, 0.1) is 0 Å². The van der Waals surface area contributed by atoms with E-state index in [1.807, 2.05) is 0 Å². The van der Waals surface area contributed by atoms with Gasteiger partial charge in [0.05, 0.1) is 0 Å². The molecule has 0 saturated carbocycles. The van der Waals surface area contributed by atoms with E-state index >= 15 is 0 Å². The second-order valence-corrected chi connectivity index (χ2v) is 2.61. The van der Waals surface area contributed by atoms with Crippen molar-refractivity contribution in [1.29, 1.82) is 0 Å². The molecule has 0 saturated heterocycles. The average molecular weight is 298 g/mol. The molecule has 1 radical (unpaired) electrons. The van der Waals surface area contributed by atoms with Gasteiger partial charge in [0.2, 0.25) is 11.8 Å². The number of carbonyl (C=O) groups excluding carboxylic acids is 2. The van der Waals surface area contributed by atoms with Gasteiger partial charge in [-0.25, -0.2) is 0 Å². The maximum Gasteiger partial charge on any atom is 0.322 e. The number of nitrogens with one attached hydrogen (secondary N) is 2. The van der Waals surface area contributed by atoms with Gasteiger partial charge in [0.15, 0.2) is 0 Å². The smallest absolute Gasteiger partial charge is 0.322 e. The van der Waals surface area contributed by atoms with E-state index in [9.17, 15) is 19.2 Å². The molecule has 0 aliphatic carbocycles. The summed E-state index contributed by atoms with van der Waals surface area (Å²) in [5.41, 5.74) is 0. The standard InChI is InChI=1S/2C4H7NO3.Cu/c2*1-3(6)5-2-4(7)8;/h2*2H2,1H3,(H,5,6)(H,7,8);. The largest absolute Gasteiger partial charge is 0.480 e. The fraction of sp³-hybridized carbons (Fsp3) is 0.500. The average Bonchev–Trinajstić information content (AvgIpc) is 2.12. The first kappa shape index (κ1) is 20.8. The van der Waals surface area contributed by atoms with Gasteiger partial charge in [-0.05, 0) is 0 Å². The molecule has 0 spiro atoms. The molecule has 0 atom stereocenters. The van der Waals surface area contributed by atoms with Crippen LogP contribution in [-0.2, 0) is 36.2 Å². The van der Waals surface area contributed by atoms with E-state index in [1.165, 1.54) is 13.8 Å². The summed E-state index contributed by atoms with van der Waals surface area (Å²) in [6.45, 7) is 1.94. The predicted octanol–water partition coefficient (Wildman–Crippen LogP) is -1.59. The predicted molar refractivity (Wildman–Crippen MR) is 52.6 cm³/mol. The van der Waals surface area contributed by atoms with E-state index < -0.39 is 11.9 Å². The van der Waals surface area contributed by atoms with Gasteiger partial charge in [0.25, 0.3) is 0 Å². The molecule has 103 valence electrons. The number of amides is 2. The minimum absolute atomic E-state index is 0. The maximum absolute atomic E-state index is 9.97. The Balaban J connectivity index is -0.000000218. The van der Waals surface area contributed by atoms with Gasteiger partial charge in [-0.3, -0.25) is 19.2 Å². The van der Waals surface area contributed by atoms with Crippen molar-refractivity contribution in [3.63, 3.8) is 0 Å². The van der Waals surface area contributed by atoms with Crippen molar-refractivity contribution in [2.45, 2.75) is 13.8 Å². The molecule has 0 aromatic carbocycles. The number of rotatable bonds is 4. The molecule has 0 rings (SSSR count). The maximum atomic E-state index is 9.97. The summed E-state index contributed by atoms with van der Waals surface area (Å²) in [4.78, 5) is 39.3. The fourth-order valence-corrected chi connectivity index (χ4v) is 0.400. The van der Waals surface area contributed by atoms with Gasteiger partial charge in [-0.1, -0.05) is 0 Å². The first-order chi connectivity index (χ1) is 7.25. The molecule has 9 heteroatoms. The number of carbonyl (C=O) groups is 4. The van der Waals surface area contributed by atoms with Crippen molar-refractivity contribution in [3.8, 4) is 0 Å². The van der Waals surface area contributed by atoms with E-state index in [-0.39, 0.29) is 42.0 Å². The van der Waals surface area contributed by atoms with Crippen molar-refractivity contribution in [2.75, 3.05) is 13.1 Å². The first-order valence-electron chi connectivity index (χ1n) is 4.18. The summed E-state index contributed by atoms with van der Waals surface area (Å²) in [5.74, 6) is -2.71. The second-order valence-electron chi connectivity index (χ2n) is 2.61. The zero-order chi connectivity index (χ0) is 13.1. The van der Waals surface area contributed by atoms with Crippen molar-refractivity contribution < 1.29 is 46.5 Å². The van der Waals surface area contributed by atoms with Gasteiger partial charge in [0.1, 0.15) is 13.1 Å². The Morgan fingerprint density at radius 2 is 1.06 bits per heavy atom. The van der Waals surface area contributed by atoms with Crippen molar-refractivity contribution in [2.24, 2.45) is 0 Å². The summed E-state index contributed by atoms with van der Waals surface area (Å²) in [5, 5.41) is 20.1. The van der Waals surface area contributed by atoms with E-state index in [0.717, 1.165) is 0 Å². The van der Waals surface area contributed by atoms with Gasteiger partial charge >= 0.3 is 11.9 Å². The third-order valence-corrected chi connectivity index (χ3v) is 0.977. The van der Waals surface area contributed by atoms with Crippen LogP contribution in [0.25, 0.3) is 0 Å². The molecule has 0 unspecified atom stereocenters. The second kappa shape index (κ2) is 12.5. The van der Waals surface area contributed by atoms with Crippen LogP contribution in [0.5, 0.6) is 0 Å². The van der Waals surface area contributed by atoms with Crippen LogP contribution in [0.15, 0.2) is 0 Å². The molecule has 0 aromatic heterocycles. The Morgan fingerprint density at radius 1 is 0.824 bits per heavy atom. The minimum Gasteiger partial charge on any atom is -0.480 e. The monoisotopic (exact) mass is 297 g/mol. The first-order valence-corrected chi connectivity index (χ1v) is 4.18. The number of aliphatic carboxylic acids is 2. The molecule has 0 aromatic rings. The Morgan fingerprint density at radius 3 is 1.12 bits per heavy atom. The number of carboxylic acids is 2. The molecule has 0 fully saturated rings. The SMILES string of the molecule is CC(=O)NCC(=O)O.CC(=O)NCC(=O)O.[Cu]. The van der Waals surface area contributed by atoms with Gasteiger partial charge in [0, 0.05) is 30.9 Å². The van der Waals surface area contributed by atoms with E-state index in [0.29, 0.717) is 0 Å². The van der Waals surface area contributed by atoms with Crippen molar-refractivity contribution in [3.05, 3.63) is 0 Å². The third-order valence-electron chi connectivity index (χ3n) is 0.977. The quantitative estimate of drug-likeness (QED) is 0.463. The Labute approximate surface area is 108 Å². The van der Waals surface area contributed by atoms with Crippen LogP contribution in [0.3, 0.4) is 0 Å². The van der Waals surface area contributed by atoms with E-state index in [4.69, 9.17) is 10.2 Å². The number of hydrogen-bond donors (Lipinski definition) is 4. The number of hydrogen-bond acceptors (Lipinski definition) is 4. The summed E-state index contributed by atoms with van der Waals surface area (Å²) >= 11 is 0. The summed E-state index contributed by atoms with van der Waals surface area (Å²) < 4.78 is 0. The fourth-order valence-electron chi connectivity index (χ4n) is 0.400. The molecule has 0 aliphatic heterocycles. The summed E-state index contributed by atoms with van der Waals surface area (Å²) in [6.07, 6.45) is 0. The minimum atomic E-state index is -1.03. The number of carboxylic acid groups (broad SMARTS) is 2. The summed E-state index contributed by atoms with van der Waals surface area (Å²) in [7, 11) is 0. The Bertz CT molecular complexity index is 225. The summed E-state index contributed by atoms with van der Waals surface area (Å²) in [6, 6.07) is 0. The van der Waals surface area contributed by atoms with Gasteiger partial charge < -0.3 is 20.8 Å². The van der Waals surface area contributed by atoms with E-state index in [1.54, 1.807) is 0 Å².